The summed E-state index contributed by atoms with van der Waals surface area (Å²) >= 11 is 0.959. The summed E-state index contributed by atoms with van der Waals surface area (Å²) in [7, 11) is 0. The molecule has 1 aliphatic heterocycles. The monoisotopic (exact) mass is 550 g/mol. The molecule has 202 valence electrons. The van der Waals surface area contributed by atoms with Crippen LogP contribution in [0, 0.1) is 0 Å². The van der Waals surface area contributed by atoms with Gasteiger partial charge in [0.05, 0.1) is 26.1 Å². The maximum absolute atomic E-state index is 15.8. The first-order valence-electron chi connectivity index (χ1n) is 11.5. The summed E-state index contributed by atoms with van der Waals surface area (Å²) in [4.78, 5) is 24.3. The predicted molar refractivity (Wildman–Crippen MR) is 131 cm³/mol. The number of halogens is 1. The zero-order valence-corrected chi connectivity index (χ0v) is 22.4. The van der Waals surface area contributed by atoms with Gasteiger partial charge < -0.3 is 29.6 Å². The first-order chi connectivity index (χ1) is 17.0. The maximum Gasteiger partial charge on any atom is 0.327 e. The van der Waals surface area contributed by atoms with Crippen molar-refractivity contribution in [3.63, 3.8) is 0 Å². The Balaban J connectivity index is 1.81. The molecular formula is C20H32FN6O7PS. The lowest BCUT2D eigenvalue weighted by Crippen LogP contribution is -2.41. The van der Waals surface area contributed by atoms with Gasteiger partial charge >= 0.3 is 12.7 Å². The molecule has 0 radical (unpaired) electrons. The molecule has 13 nitrogen and oxygen atoms in total. The average molecular weight is 551 g/mol. The zero-order valence-electron chi connectivity index (χ0n) is 20.7. The van der Waals surface area contributed by atoms with Gasteiger partial charge in [-0.2, -0.15) is 9.97 Å². The fourth-order valence-electron chi connectivity index (χ4n) is 3.68. The number of rotatable bonds is 12. The van der Waals surface area contributed by atoms with Crippen molar-refractivity contribution in [1.82, 2.24) is 24.6 Å². The van der Waals surface area contributed by atoms with Crippen molar-refractivity contribution in [3.05, 3.63) is 6.33 Å². The van der Waals surface area contributed by atoms with Gasteiger partial charge in [-0.15, -0.1) is 0 Å². The number of hydrogen-bond acceptors (Lipinski definition) is 12. The van der Waals surface area contributed by atoms with Crippen LogP contribution >= 0.6 is 18.1 Å². The minimum atomic E-state index is -3.63. The fourth-order valence-corrected chi connectivity index (χ4v) is 7.29. The van der Waals surface area contributed by atoms with Crippen LogP contribution in [0.5, 0.6) is 5.88 Å². The van der Waals surface area contributed by atoms with E-state index in [1.165, 1.54) is 24.7 Å². The van der Waals surface area contributed by atoms with E-state index >= 15 is 4.39 Å². The molecule has 0 bridgehead atoms. The third kappa shape index (κ3) is 5.92. The van der Waals surface area contributed by atoms with Crippen molar-refractivity contribution in [1.29, 1.82) is 0 Å². The van der Waals surface area contributed by atoms with E-state index in [2.05, 4.69) is 20.0 Å². The summed E-state index contributed by atoms with van der Waals surface area (Å²) < 4.78 is 52.2. The van der Waals surface area contributed by atoms with Crippen LogP contribution in [0.3, 0.4) is 0 Å². The molecule has 1 saturated heterocycles. The van der Waals surface area contributed by atoms with E-state index < -0.39 is 49.4 Å². The normalized spacial score (nSPS) is 26.6. The van der Waals surface area contributed by atoms with E-state index in [4.69, 9.17) is 24.5 Å². The van der Waals surface area contributed by atoms with Crippen LogP contribution in [0.1, 0.15) is 40.8 Å². The van der Waals surface area contributed by atoms with Gasteiger partial charge in [-0.3, -0.25) is 13.9 Å². The molecule has 2 aromatic heterocycles. The molecule has 1 unspecified atom stereocenters. The summed E-state index contributed by atoms with van der Waals surface area (Å²) in [6.45, 7) is 4.27. The number of ether oxygens (including phenoxy) is 3. The number of nitrogen functional groups attached to an aromatic ring is 1. The molecule has 4 N–H and O–H groups in total. The second-order valence-electron chi connectivity index (χ2n) is 8.08. The highest BCUT2D eigenvalue weighted by Crippen LogP contribution is 2.57. The molecule has 0 aromatic carbocycles. The molecule has 1 fully saturated rings. The Morgan fingerprint density at radius 3 is 2.78 bits per heavy atom. The number of carbonyl (C=O) groups is 1. The van der Waals surface area contributed by atoms with Gasteiger partial charge in [0.1, 0.15) is 18.2 Å². The van der Waals surface area contributed by atoms with E-state index in [0.29, 0.717) is 12.4 Å². The Bertz CT molecular complexity index is 1120. The highest BCUT2D eigenvalue weighted by molar-refractivity contribution is 8.56. The Morgan fingerprint density at radius 1 is 1.42 bits per heavy atom. The lowest BCUT2D eigenvalue weighted by Gasteiger charge is -2.25. The number of nitrogens with two attached hydrogens (primary N) is 1. The topological polar surface area (TPSA) is 173 Å². The summed E-state index contributed by atoms with van der Waals surface area (Å²) in [5.41, 5.74) is 3.89. The van der Waals surface area contributed by atoms with Crippen LogP contribution < -0.4 is 15.6 Å². The lowest BCUT2D eigenvalue weighted by atomic mass is 9.98. The summed E-state index contributed by atoms with van der Waals surface area (Å²) in [6, 6.07) is -0.912. The Labute approximate surface area is 211 Å². The molecule has 1 aliphatic rings. The molecule has 6 atom stereocenters. The number of hydrogen-bond donors (Lipinski definition) is 3. The highest BCUT2D eigenvalue weighted by atomic mass is 32.7. The number of anilines is 1. The quantitative estimate of drug-likeness (QED) is 0.260. The highest BCUT2D eigenvalue weighted by Gasteiger charge is 2.56. The van der Waals surface area contributed by atoms with Crippen LogP contribution in [-0.2, 0) is 23.4 Å². The predicted octanol–water partition coefficient (Wildman–Crippen LogP) is 2.21. The Kier molecular flexibility index (Phi) is 9.17. The van der Waals surface area contributed by atoms with Crippen LogP contribution in [0.15, 0.2) is 6.33 Å². The van der Waals surface area contributed by atoms with Gasteiger partial charge in [-0.1, -0.05) is 18.3 Å². The molecule has 16 heteroatoms. The third-order valence-electron chi connectivity index (χ3n) is 5.36. The van der Waals surface area contributed by atoms with Crippen LogP contribution in [0.25, 0.3) is 11.2 Å². The number of aromatic nitrogens is 4. The van der Waals surface area contributed by atoms with Crippen molar-refractivity contribution in [3.8, 4) is 5.88 Å². The van der Waals surface area contributed by atoms with Crippen molar-refractivity contribution in [2.45, 2.75) is 64.8 Å². The summed E-state index contributed by atoms with van der Waals surface area (Å²) in [5, 5.41) is 13.4. The molecule has 36 heavy (non-hydrogen) atoms. The van der Waals surface area contributed by atoms with Crippen LogP contribution in [0.2, 0.25) is 0 Å². The van der Waals surface area contributed by atoms with Crippen LogP contribution in [-0.4, -0.2) is 80.1 Å². The van der Waals surface area contributed by atoms with Crippen LogP contribution in [0.4, 0.5) is 10.3 Å². The minimum Gasteiger partial charge on any atom is -0.476 e. The zero-order chi connectivity index (χ0) is 26.7. The van der Waals surface area contributed by atoms with E-state index in [1.807, 2.05) is 0 Å². The number of nitrogens with zero attached hydrogens (tertiary/aromatic N) is 4. The molecule has 0 aliphatic carbocycles. The molecule has 2 aromatic rings. The van der Waals surface area contributed by atoms with Gasteiger partial charge in [0.25, 0.3) is 0 Å². The summed E-state index contributed by atoms with van der Waals surface area (Å²) in [5.74, 6) is -0.156. The number of nitrogens with one attached hydrogen (secondary N) is 1. The largest absolute Gasteiger partial charge is 0.476 e. The average Bonchev–Trinajstić information content (AvgIpc) is 3.31. The SMILES string of the molecule is CCOC(=O)[C@H](C)NP(=O)(OC[C@H]1O[C@@H](n2cnc3c(OCC)nc(N)nc32)[C@](C)(F)[C@@H]1O)SCC. The van der Waals surface area contributed by atoms with E-state index in [9.17, 15) is 14.5 Å². The molecule has 0 spiro atoms. The second kappa shape index (κ2) is 11.6. The van der Waals surface area contributed by atoms with Crippen molar-refractivity contribution in [2.24, 2.45) is 0 Å². The van der Waals surface area contributed by atoms with Crippen molar-refractivity contribution < 1.29 is 37.6 Å². The van der Waals surface area contributed by atoms with E-state index in [-0.39, 0.29) is 29.6 Å². The van der Waals surface area contributed by atoms with Gasteiger partial charge in [-0.25, -0.2) is 14.5 Å². The Hall–Kier alpha value is -2.03. The Morgan fingerprint density at radius 2 is 2.14 bits per heavy atom. The number of aliphatic hydroxyl groups is 1. The number of esters is 1. The molecule has 0 saturated carbocycles. The number of fused-ring (bicyclic) bond motifs is 1. The first kappa shape index (κ1) is 28.5. The van der Waals surface area contributed by atoms with Gasteiger partial charge in [0, 0.05) is 5.75 Å². The van der Waals surface area contributed by atoms with Gasteiger partial charge in [0.2, 0.25) is 11.8 Å². The smallest absolute Gasteiger partial charge is 0.327 e. The van der Waals surface area contributed by atoms with Gasteiger partial charge in [0.15, 0.2) is 23.1 Å². The molecule has 0 amide bonds. The van der Waals surface area contributed by atoms with E-state index in [1.54, 1.807) is 20.8 Å². The number of imidazole rings is 1. The standard InChI is InChI=1S/C20H32FN6O7PS/c1-6-31-16-13-15(24-19(22)25-16)27(10-23-13)18-20(5,21)14(28)12(34-18)9-33-35(30,36-8-3)26-11(4)17(29)32-7-2/h10-12,14,18,28H,6-9H2,1-5H3,(H,26,30)(H2,22,24,25)/t11-,12+,14+,18+,20+,35?/m0/s1. The third-order valence-corrected chi connectivity index (χ3v) is 9.57. The molecular weight excluding hydrogens is 518 g/mol. The number of alkyl halides is 1. The van der Waals surface area contributed by atoms with E-state index in [0.717, 1.165) is 11.4 Å². The minimum absolute atomic E-state index is 0.106. The number of carbonyl (C=O) groups excluding carboxylic acids is 1. The fraction of sp³-hybridized carbons (Fsp3) is 0.700. The van der Waals surface area contributed by atoms with Gasteiger partial charge in [-0.05, 0) is 27.7 Å². The first-order valence-corrected chi connectivity index (χ1v) is 14.7. The lowest BCUT2D eigenvalue weighted by molar-refractivity contribution is -0.144. The second-order valence-corrected chi connectivity index (χ2v) is 12.6. The van der Waals surface area contributed by atoms with Crippen molar-refractivity contribution >= 4 is 41.2 Å². The number of aliphatic hydroxyl groups excluding tert-OH is 1. The van der Waals surface area contributed by atoms with Crippen molar-refractivity contribution in [2.75, 3.05) is 31.3 Å². The molecule has 3 rings (SSSR count). The molecule has 3 heterocycles. The summed E-state index contributed by atoms with van der Waals surface area (Å²) in [6.07, 6.45) is -2.91. The maximum atomic E-state index is 15.8.